The molecule has 0 aliphatic heterocycles. The average Bonchev–Trinajstić information content (AvgIpc) is 2.60. The van der Waals surface area contributed by atoms with Crippen LogP contribution in [0.5, 0.6) is 0 Å². The fourth-order valence-electron chi connectivity index (χ4n) is 1.05. The van der Waals surface area contributed by atoms with Crippen molar-refractivity contribution < 1.29 is 9.53 Å². The third-order valence-electron chi connectivity index (χ3n) is 1.87. The molecule has 3 N–H and O–H groups in total. The van der Waals surface area contributed by atoms with Crippen molar-refractivity contribution in [3.63, 3.8) is 0 Å². The minimum absolute atomic E-state index is 0.123. The van der Waals surface area contributed by atoms with Gasteiger partial charge >= 0.3 is 0 Å². The molecule has 1 heterocycles. The second kappa shape index (κ2) is 5.79. The van der Waals surface area contributed by atoms with E-state index in [2.05, 4.69) is 10.3 Å². The summed E-state index contributed by atoms with van der Waals surface area (Å²) in [7, 11) is 1.54. The van der Waals surface area contributed by atoms with Crippen LogP contribution >= 0.6 is 11.3 Å². The van der Waals surface area contributed by atoms with E-state index in [1.807, 2.05) is 12.3 Å². The Kier molecular flexibility index (Phi) is 4.67. The number of aromatic nitrogens is 1. The number of nitrogens with zero attached hydrogens (tertiary/aromatic N) is 1. The van der Waals surface area contributed by atoms with Crippen LogP contribution < -0.4 is 11.1 Å². The number of ether oxygens (including phenoxy) is 1. The molecule has 1 aromatic heterocycles. The summed E-state index contributed by atoms with van der Waals surface area (Å²) in [4.78, 5) is 15.6. The number of amides is 1. The minimum Gasteiger partial charge on any atom is -0.380 e. The van der Waals surface area contributed by atoms with Gasteiger partial charge in [0.15, 0.2) is 5.13 Å². The molecule has 1 rings (SSSR count). The summed E-state index contributed by atoms with van der Waals surface area (Å²) >= 11 is 1.41. The van der Waals surface area contributed by atoms with Crippen LogP contribution in [0.4, 0.5) is 5.13 Å². The zero-order chi connectivity index (χ0) is 11.3. The summed E-state index contributed by atoms with van der Waals surface area (Å²) in [6, 6.07) is 0. The highest BCUT2D eigenvalue weighted by Crippen LogP contribution is 2.14. The molecule has 0 aromatic carbocycles. The van der Waals surface area contributed by atoms with Crippen LogP contribution in [-0.2, 0) is 9.53 Å². The molecule has 0 radical (unpaired) electrons. The van der Waals surface area contributed by atoms with Gasteiger partial charge in [0.2, 0.25) is 5.91 Å². The van der Waals surface area contributed by atoms with Crippen LogP contribution in [0.1, 0.15) is 12.1 Å². The van der Waals surface area contributed by atoms with E-state index < -0.39 is 0 Å². The Hall–Kier alpha value is -0.980. The summed E-state index contributed by atoms with van der Waals surface area (Å²) < 4.78 is 5.01. The molecule has 1 aromatic rings. The molecule has 5 nitrogen and oxygen atoms in total. The Morgan fingerprint density at radius 1 is 1.80 bits per heavy atom. The molecule has 15 heavy (non-hydrogen) atoms. The number of thiazole rings is 1. The summed E-state index contributed by atoms with van der Waals surface area (Å²) in [6.45, 7) is 2.21. The van der Waals surface area contributed by atoms with Gasteiger partial charge in [-0.15, -0.1) is 11.3 Å². The van der Waals surface area contributed by atoms with Gasteiger partial charge in [-0.05, 0) is 6.92 Å². The van der Waals surface area contributed by atoms with Gasteiger partial charge in [-0.3, -0.25) is 4.79 Å². The third kappa shape index (κ3) is 3.94. The lowest BCUT2D eigenvalue weighted by Gasteiger charge is -2.11. The second-order valence-corrected chi connectivity index (χ2v) is 4.00. The standard InChI is InChI=1S/C9H15N3O2S/c1-6-5-15-9(11-6)12-8(13)3-7(4-10)14-2/h5,7H,3-4,10H2,1-2H3,(H,11,12,13). The van der Waals surface area contributed by atoms with Crippen molar-refractivity contribution >= 4 is 22.4 Å². The molecule has 1 amide bonds. The molecule has 84 valence electrons. The van der Waals surface area contributed by atoms with Crippen molar-refractivity contribution in [1.29, 1.82) is 0 Å². The van der Waals surface area contributed by atoms with E-state index in [0.29, 0.717) is 11.7 Å². The largest absolute Gasteiger partial charge is 0.380 e. The minimum atomic E-state index is -0.231. The Labute approximate surface area is 92.6 Å². The number of carbonyl (C=O) groups excluding carboxylic acids is 1. The maximum Gasteiger partial charge on any atom is 0.228 e. The van der Waals surface area contributed by atoms with E-state index in [-0.39, 0.29) is 18.4 Å². The first kappa shape index (κ1) is 12.1. The van der Waals surface area contributed by atoms with E-state index in [4.69, 9.17) is 10.5 Å². The zero-order valence-corrected chi connectivity index (χ0v) is 9.63. The first-order valence-electron chi connectivity index (χ1n) is 4.60. The van der Waals surface area contributed by atoms with Crippen LogP contribution in [0.3, 0.4) is 0 Å². The monoisotopic (exact) mass is 229 g/mol. The molecular weight excluding hydrogens is 214 g/mol. The Morgan fingerprint density at radius 3 is 3.00 bits per heavy atom. The van der Waals surface area contributed by atoms with Crippen molar-refractivity contribution in [2.24, 2.45) is 5.73 Å². The lowest BCUT2D eigenvalue weighted by Crippen LogP contribution is -2.28. The maximum atomic E-state index is 11.5. The SMILES string of the molecule is COC(CN)CC(=O)Nc1nc(C)cs1. The number of aryl methyl sites for hydroxylation is 1. The van der Waals surface area contributed by atoms with Crippen molar-refractivity contribution in [3.05, 3.63) is 11.1 Å². The van der Waals surface area contributed by atoms with Crippen LogP contribution in [0.15, 0.2) is 5.38 Å². The summed E-state index contributed by atoms with van der Waals surface area (Å²) in [6.07, 6.45) is 0.0251. The Bertz CT molecular complexity index is 323. The van der Waals surface area contributed by atoms with Gasteiger partial charge in [0.25, 0.3) is 0 Å². The lowest BCUT2D eigenvalue weighted by molar-refractivity contribution is -0.118. The Morgan fingerprint density at radius 2 is 2.53 bits per heavy atom. The molecule has 1 unspecified atom stereocenters. The molecule has 6 heteroatoms. The Balaban J connectivity index is 2.42. The molecule has 0 fully saturated rings. The molecule has 0 aliphatic carbocycles. The fraction of sp³-hybridized carbons (Fsp3) is 0.556. The molecule has 0 saturated heterocycles. The van der Waals surface area contributed by atoms with Crippen molar-refractivity contribution in [1.82, 2.24) is 4.98 Å². The topological polar surface area (TPSA) is 77.2 Å². The lowest BCUT2D eigenvalue weighted by atomic mass is 10.2. The summed E-state index contributed by atoms with van der Waals surface area (Å²) in [5.74, 6) is -0.123. The van der Waals surface area contributed by atoms with Crippen molar-refractivity contribution in [3.8, 4) is 0 Å². The number of nitrogens with one attached hydrogen (secondary N) is 1. The summed E-state index contributed by atoms with van der Waals surface area (Å²) in [5.41, 5.74) is 6.31. The van der Waals surface area contributed by atoms with Gasteiger partial charge in [-0.1, -0.05) is 0 Å². The molecule has 0 saturated carbocycles. The number of anilines is 1. The van der Waals surface area contributed by atoms with Crippen LogP contribution in [0, 0.1) is 6.92 Å². The van der Waals surface area contributed by atoms with Gasteiger partial charge in [0.05, 0.1) is 18.2 Å². The molecule has 0 aliphatic rings. The smallest absolute Gasteiger partial charge is 0.228 e. The quantitative estimate of drug-likeness (QED) is 0.781. The first-order chi connectivity index (χ1) is 7.15. The van der Waals surface area contributed by atoms with Crippen LogP contribution in [-0.4, -0.2) is 30.6 Å². The third-order valence-corrected chi connectivity index (χ3v) is 2.75. The number of nitrogens with two attached hydrogens (primary N) is 1. The number of hydrogen-bond acceptors (Lipinski definition) is 5. The van der Waals surface area contributed by atoms with E-state index in [1.54, 1.807) is 7.11 Å². The van der Waals surface area contributed by atoms with Gasteiger partial charge < -0.3 is 15.8 Å². The fourth-order valence-corrected chi connectivity index (χ4v) is 1.76. The van der Waals surface area contributed by atoms with E-state index >= 15 is 0 Å². The molecule has 0 spiro atoms. The summed E-state index contributed by atoms with van der Waals surface area (Å²) in [5, 5.41) is 5.19. The van der Waals surface area contributed by atoms with E-state index in [0.717, 1.165) is 5.69 Å². The van der Waals surface area contributed by atoms with Crippen molar-refractivity contribution in [2.45, 2.75) is 19.4 Å². The van der Waals surface area contributed by atoms with E-state index in [1.165, 1.54) is 11.3 Å². The van der Waals surface area contributed by atoms with Gasteiger partial charge in [-0.2, -0.15) is 0 Å². The second-order valence-electron chi connectivity index (χ2n) is 3.14. The number of rotatable bonds is 5. The predicted molar refractivity (Wildman–Crippen MR) is 59.9 cm³/mol. The highest BCUT2D eigenvalue weighted by molar-refractivity contribution is 7.13. The van der Waals surface area contributed by atoms with Crippen molar-refractivity contribution in [2.75, 3.05) is 19.0 Å². The zero-order valence-electron chi connectivity index (χ0n) is 8.82. The van der Waals surface area contributed by atoms with E-state index in [9.17, 15) is 4.79 Å². The number of carbonyl (C=O) groups is 1. The van der Waals surface area contributed by atoms with Gasteiger partial charge in [-0.25, -0.2) is 4.98 Å². The first-order valence-corrected chi connectivity index (χ1v) is 5.48. The highest BCUT2D eigenvalue weighted by atomic mass is 32.1. The molecule has 1 atom stereocenters. The van der Waals surface area contributed by atoms with Crippen LogP contribution in [0.25, 0.3) is 0 Å². The molecular formula is C9H15N3O2S. The van der Waals surface area contributed by atoms with Crippen LogP contribution in [0.2, 0.25) is 0 Å². The number of hydrogen-bond donors (Lipinski definition) is 2. The molecule has 0 bridgehead atoms. The predicted octanol–water partition coefficient (Wildman–Crippen LogP) is 0.754. The average molecular weight is 229 g/mol. The van der Waals surface area contributed by atoms with Gasteiger partial charge in [0, 0.05) is 19.0 Å². The number of methoxy groups -OCH3 is 1. The maximum absolute atomic E-state index is 11.5. The van der Waals surface area contributed by atoms with Gasteiger partial charge in [0.1, 0.15) is 0 Å². The highest BCUT2D eigenvalue weighted by Gasteiger charge is 2.12. The normalized spacial score (nSPS) is 12.5.